The van der Waals surface area contributed by atoms with E-state index in [2.05, 4.69) is 31.0 Å². The molecule has 0 saturated carbocycles. The molecule has 1 aliphatic heterocycles. The molecule has 1 amide bonds. The van der Waals surface area contributed by atoms with E-state index in [1.807, 2.05) is 23.1 Å². The average Bonchev–Trinajstić information content (AvgIpc) is 2.96. The number of aryl methyl sites for hydroxylation is 1. The van der Waals surface area contributed by atoms with Gasteiger partial charge in [0.15, 0.2) is 0 Å². The molecular formula is C18H24N4O2. The molecule has 1 aliphatic rings. The van der Waals surface area contributed by atoms with Gasteiger partial charge in [-0.2, -0.15) is 5.10 Å². The second kappa shape index (κ2) is 6.73. The summed E-state index contributed by atoms with van der Waals surface area (Å²) in [5.41, 5.74) is 0.689. The zero-order valence-electron chi connectivity index (χ0n) is 14.5. The van der Waals surface area contributed by atoms with Gasteiger partial charge in [0, 0.05) is 30.9 Å². The Morgan fingerprint density at radius 2 is 2.04 bits per heavy atom. The highest BCUT2D eigenvalue weighted by Crippen LogP contribution is 2.20. The normalized spacial score (nSPS) is 20.9. The minimum atomic E-state index is -0.0876. The molecule has 0 N–H and O–H groups in total. The number of amides is 1. The van der Waals surface area contributed by atoms with Gasteiger partial charge in [-0.15, -0.1) is 0 Å². The molecule has 24 heavy (non-hydrogen) atoms. The van der Waals surface area contributed by atoms with Gasteiger partial charge in [0.2, 0.25) is 11.3 Å². The zero-order valence-corrected chi connectivity index (χ0v) is 14.5. The van der Waals surface area contributed by atoms with E-state index in [1.54, 1.807) is 10.7 Å². The zero-order chi connectivity index (χ0) is 17.3. The van der Waals surface area contributed by atoms with E-state index in [4.69, 9.17) is 0 Å². The Bertz CT molecular complexity index is 799. The molecule has 3 rings (SSSR count). The maximum Gasteiger partial charge on any atom is 0.224 e. The van der Waals surface area contributed by atoms with Gasteiger partial charge in [-0.3, -0.25) is 14.3 Å². The number of fused-ring (bicyclic) bond motifs is 1. The van der Waals surface area contributed by atoms with Crippen LogP contribution in [0.2, 0.25) is 0 Å². The van der Waals surface area contributed by atoms with Crippen molar-refractivity contribution in [1.82, 2.24) is 19.6 Å². The second-order valence-corrected chi connectivity index (χ2v) is 6.81. The van der Waals surface area contributed by atoms with Crippen molar-refractivity contribution in [2.75, 3.05) is 27.2 Å². The van der Waals surface area contributed by atoms with Crippen molar-refractivity contribution in [1.29, 1.82) is 0 Å². The van der Waals surface area contributed by atoms with E-state index >= 15 is 0 Å². The predicted molar refractivity (Wildman–Crippen MR) is 93.8 cm³/mol. The fraction of sp³-hybridized carbons (Fsp3) is 0.500. The van der Waals surface area contributed by atoms with Crippen molar-refractivity contribution < 1.29 is 4.79 Å². The number of nitrogens with zero attached hydrogens (tertiary/aromatic N) is 4. The minimum Gasteiger partial charge on any atom is -0.341 e. The lowest BCUT2D eigenvalue weighted by Gasteiger charge is -2.22. The number of para-hydroxylation sites is 1. The summed E-state index contributed by atoms with van der Waals surface area (Å²) < 4.78 is 1.75. The monoisotopic (exact) mass is 328 g/mol. The summed E-state index contributed by atoms with van der Waals surface area (Å²) in [6, 6.07) is 7.80. The summed E-state index contributed by atoms with van der Waals surface area (Å²) in [6.45, 7) is 4.26. The highest BCUT2D eigenvalue weighted by Gasteiger charge is 2.33. The third-order valence-electron chi connectivity index (χ3n) is 4.89. The molecule has 2 atom stereocenters. The number of likely N-dealkylation sites (N-methyl/N-ethyl adjacent to an activating group) is 1. The molecule has 0 radical (unpaired) electrons. The van der Waals surface area contributed by atoms with Gasteiger partial charge < -0.3 is 9.80 Å². The SMILES string of the molecule is C[C@@H]1CN(C(=O)CCn2ncc(=O)c3ccccc32)C[C@H]1N(C)C. The van der Waals surface area contributed by atoms with Crippen LogP contribution in [0.5, 0.6) is 0 Å². The molecule has 0 unspecified atom stereocenters. The summed E-state index contributed by atoms with van der Waals surface area (Å²) in [5, 5.41) is 4.83. The van der Waals surface area contributed by atoms with Crippen LogP contribution in [0.15, 0.2) is 35.3 Å². The molecule has 6 nitrogen and oxygen atoms in total. The highest BCUT2D eigenvalue weighted by atomic mass is 16.2. The number of likely N-dealkylation sites (tertiary alicyclic amines) is 1. The van der Waals surface area contributed by atoms with Crippen LogP contribution in [0.1, 0.15) is 13.3 Å². The van der Waals surface area contributed by atoms with Crippen LogP contribution in [-0.4, -0.2) is 58.7 Å². The molecule has 1 fully saturated rings. The van der Waals surface area contributed by atoms with E-state index in [1.165, 1.54) is 6.20 Å². The Hall–Kier alpha value is -2.21. The second-order valence-electron chi connectivity index (χ2n) is 6.81. The van der Waals surface area contributed by atoms with E-state index in [0.717, 1.165) is 18.6 Å². The number of aromatic nitrogens is 2. The number of carbonyl (C=O) groups excluding carboxylic acids is 1. The van der Waals surface area contributed by atoms with Crippen LogP contribution < -0.4 is 5.43 Å². The lowest BCUT2D eigenvalue weighted by atomic mass is 10.1. The third-order valence-corrected chi connectivity index (χ3v) is 4.89. The van der Waals surface area contributed by atoms with Gasteiger partial charge in [0.1, 0.15) is 0 Å². The van der Waals surface area contributed by atoms with E-state index in [-0.39, 0.29) is 11.3 Å². The summed E-state index contributed by atoms with van der Waals surface area (Å²) in [7, 11) is 4.12. The molecule has 1 saturated heterocycles. The topological polar surface area (TPSA) is 58.4 Å². The highest BCUT2D eigenvalue weighted by molar-refractivity contribution is 5.79. The Balaban J connectivity index is 1.70. The van der Waals surface area contributed by atoms with Crippen LogP contribution in [0, 0.1) is 5.92 Å². The van der Waals surface area contributed by atoms with Gasteiger partial charge in [-0.25, -0.2) is 0 Å². The van der Waals surface area contributed by atoms with Crippen molar-refractivity contribution in [3.63, 3.8) is 0 Å². The van der Waals surface area contributed by atoms with E-state index in [9.17, 15) is 9.59 Å². The van der Waals surface area contributed by atoms with Crippen LogP contribution in [0.4, 0.5) is 0 Å². The van der Waals surface area contributed by atoms with Gasteiger partial charge in [0.05, 0.1) is 18.3 Å². The van der Waals surface area contributed by atoms with Gasteiger partial charge in [-0.1, -0.05) is 19.1 Å². The van der Waals surface area contributed by atoms with Crippen molar-refractivity contribution in [2.45, 2.75) is 25.9 Å². The maximum atomic E-state index is 12.5. The van der Waals surface area contributed by atoms with E-state index in [0.29, 0.717) is 30.3 Å². The van der Waals surface area contributed by atoms with Crippen LogP contribution in [-0.2, 0) is 11.3 Å². The molecule has 1 aromatic carbocycles. The molecule has 0 spiro atoms. The smallest absolute Gasteiger partial charge is 0.224 e. The lowest BCUT2D eigenvalue weighted by molar-refractivity contribution is -0.130. The predicted octanol–water partition coefficient (Wildman–Crippen LogP) is 1.20. The first-order valence-electron chi connectivity index (χ1n) is 8.36. The van der Waals surface area contributed by atoms with E-state index < -0.39 is 0 Å². The van der Waals surface area contributed by atoms with Crippen molar-refractivity contribution in [2.24, 2.45) is 5.92 Å². The molecule has 6 heteroatoms. The fourth-order valence-electron chi connectivity index (χ4n) is 3.52. The van der Waals surface area contributed by atoms with Crippen molar-refractivity contribution in [3.05, 3.63) is 40.7 Å². The number of benzene rings is 1. The standard InChI is InChI=1S/C18H24N4O2/c1-13-11-21(12-16(13)20(2)3)18(24)8-9-22-15-7-5-4-6-14(15)17(23)10-19-22/h4-7,10,13,16H,8-9,11-12H2,1-3H3/t13-,16-/m1/s1. The Kier molecular flexibility index (Phi) is 4.66. The molecule has 0 aliphatic carbocycles. The number of hydrogen-bond donors (Lipinski definition) is 0. The number of rotatable bonds is 4. The molecule has 1 aromatic heterocycles. The Morgan fingerprint density at radius 3 is 2.75 bits per heavy atom. The first-order valence-corrected chi connectivity index (χ1v) is 8.36. The molecular weight excluding hydrogens is 304 g/mol. The third kappa shape index (κ3) is 3.19. The van der Waals surface area contributed by atoms with Gasteiger partial charge in [-0.05, 0) is 32.1 Å². The summed E-state index contributed by atoms with van der Waals surface area (Å²) in [6.07, 6.45) is 1.72. The molecule has 2 heterocycles. The fourth-order valence-corrected chi connectivity index (χ4v) is 3.52. The number of carbonyl (C=O) groups is 1. The largest absolute Gasteiger partial charge is 0.341 e. The van der Waals surface area contributed by atoms with Crippen LogP contribution in [0.25, 0.3) is 10.9 Å². The summed E-state index contributed by atoms with van der Waals surface area (Å²) in [4.78, 5) is 28.5. The van der Waals surface area contributed by atoms with Crippen molar-refractivity contribution >= 4 is 16.8 Å². The Labute approximate surface area is 141 Å². The first-order chi connectivity index (χ1) is 11.5. The summed E-state index contributed by atoms with van der Waals surface area (Å²) >= 11 is 0. The number of hydrogen-bond acceptors (Lipinski definition) is 4. The van der Waals surface area contributed by atoms with Gasteiger partial charge in [0.25, 0.3) is 0 Å². The van der Waals surface area contributed by atoms with Crippen LogP contribution in [0.3, 0.4) is 0 Å². The molecule has 2 aromatic rings. The quantitative estimate of drug-likeness (QED) is 0.846. The minimum absolute atomic E-state index is 0.0876. The van der Waals surface area contributed by atoms with Gasteiger partial charge >= 0.3 is 0 Å². The average molecular weight is 328 g/mol. The Morgan fingerprint density at radius 1 is 1.29 bits per heavy atom. The first kappa shape index (κ1) is 16.6. The van der Waals surface area contributed by atoms with Crippen molar-refractivity contribution in [3.8, 4) is 0 Å². The molecule has 0 bridgehead atoms. The lowest BCUT2D eigenvalue weighted by Crippen LogP contribution is -2.36. The summed E-state index contributed by atoms with van der Waals surface area (Å²) in [5.74, 6) is 0.631. The van der Waals surface area contributed by atoms with Crippen LogP contribution >= 0.6 is 0 Å². The maximum absolute atomic E-state index is 12.5. The molecule has 128 valence electrons.